The van der Waals surface area contributed by atoms with Gasteiger partial charge in [0, 0.05) is 6.42 Å². The molecule has 0 fully saturated rings. The fourth-order valence-electron chi connectivity index (χ4n) is 1.24. The first-order valence-electron chi connectivity index (χ1n) is 6.13. The second-order valence-corrected chi connectivity index (χ2v) is 5.03. The average Bonchev–Trinajstić information content (AvgIpc) is 2.27. The largest absolute Gasteiger partial charge is 0.451 e. The van der Waals surface area contributed by atoms with E-state index in [0.717, 1.165) is 19.3 Å². The Morgan fingerprint density at radius 2 is 1.59 bits per heavy atom. The van der Waals surface area contributed by atoms with Crippen molar-refractivity contribution < 1.29 is 21.6 Å². The molecule has 5 nitrogen and oxygen atoms in total. The molecular weight excluding hydrogens is 244 g/mol. The molecule has 0 aliphatic rings. The van der Waals surface area contributed by atoms with Crippen LogP contribution in [0.3, 0.4) is 0 Å². The van der Waals surface area contributed by atoms with Crippen LogP contribution in [0.15, 0.2) is 0 Å². The Balaban J connectivity index is 3.56. The Morgan fingerprint density at radius 1 is 1.00 bits per heavy atom. The smallest absolute Gasteiger partial charge is 0.325 e. The monoisotopic (exact) mass is 266 g/mol. The molecule has 0 saturated heterocycles. The zero-order valence-electron chi connectivity index (χ0n) is 10.6. The summed E-state index contributed by atoms with van der Waals surface area (Å²) in [5.74, 6) is -0.798. The van der Waals surface area contributed by atoms with Gasteiger partial charge in [0.25, 0.3) is 0 Å². The normalized spacial score (nSPS) is 11.4. The summed E-state index contributed by atoms with van der Waals surface area (Å²) in [6.07, 6.45) is 6.22. The van der Waals surface area contributed by atoms with E-state index in [1.54, 1.807) is 0 Å². The molecule has 0 aromatic rings. The van der Waals surface area contributed by atoms with E-state index in [2.05, 4.69) is 15.3 Å². The van der Waals surface area contributed by atoms with Gasteiger partial charge in [0.05, 0.1) is 6.61 Å². The van der Waals surface area contributed by atoms with Gasteiger partial charge < -0.3 is 4.18 Å². The standard InChI is InChI=1S/C11H22O5S/c1-3-5-6-7-8-9-10-15-17(13,14)16-11(12)4-2/h3-10H2,1-2H3. The quantitative estimate of drug-likeness (QED) is 0.568. The SMILES string of the molecule is CCCCCCCCOS(=O)(=O)OC(=O)CC. The van der Waals surface area contributed by atoms with Crippen LogP contribution in [0.2, 0.25) is 0 Å². The maximum absolute atomic E-state index is 11.1. The molecule has 0 aromatic carbocycles. The number of rotatable bonds is 10. The number of carbonyl (C=O) groups is 1. The molecule has 0 aromatic heterocycles. The Labute approximate surface area is 104 Å². The average molecular weight is 266 g/mol. The van der Waals surface area contributed by atoms with Crippen LogP contribution in [0.1, 0.15) is 58.8 Å². The Hall–Kier alpha value is -0.620. The molecule has 17 heavy (non-hydrogen) atoms. The van der Waals surface area contributed by atoms with Crippen molar-refractivity contribution in [1.29, 1.82) is 0 Å². The van der Waals surface area contributed by atoms with Gasteiger partial charge in [0.2, 0.25) is 0 Å². The van der Waals surface area contributed by atoms with Gasteiger partial charge in [0.1, 0.15) is 0 Å². The fourth-order valence-corrected chi connectivity index (χ4v) is 1.96. The number of hydrogen-bond acceptors (Lipinski definition) is 5. The summed E-state index contributed by atoms with van der Waals surface area (Å²) in [6, 6.07) is 0. The van der Waals surface area contributed by atoms with Crippen molar-refractivity contribution in [3.05, 3.63) is 0 Å². The predicted molar refractivity (Wildman–Crippen MR) is 64.6 cm³/mol. The molecule has 0 heterocycles. The molecular formula is C11H22O5S. The van der Waals surface area contributed by atoms with Crippen molar-refractivity contribution in [2.75, 3.05) is 6.61 Å². The van der Waals surface area contributed by atoms with Crippen LogP contribution in [0, 0.1) is 0 Å². The molecule has 0 aliphatic carbocycles. The lowest BCUT2D eigenvalue weighted by Crippen LogP contribution is -2.15. The Morgan fingerprint density at radius 3 is 2.18 bits per heavy atom. The van der Waals surface area contributed by atoms with Gasteiger partial charge in [0.15, 0.2) is 0 Å². The van der Waals surface area contributed by atoms with Gasteiger partial charge in [-0.15, -0.1) is 0 Å². The van der Waals surface area contributed by atoms with Crippen LogP contribution in [-0.4, -0.2) is 21.0 Å². The third kappa shape index (κ3) is 10.3. The number of unbranched alkanes of at least 4 members (excludes halogenated alkanes) is 5. The van der Waals surface area contributed by atoms with Gasteiger partial charge in [-0.3, -0.25) is 4.79 Å². The summed E-state index contributed by atoms with van der Waals surface area (Å²) in [5, 5.41) is 0. The Kier molecular flexibility index (Phi) is 9.07. The van der Waals surface area contributed by atoms with E-state index < -0.39 is 16.4 Å². The van der Waals surface area contributed by atoms with Crippen LogP contribution >= 0.6 is 0 Å². The third-order valence-corrected chi connectivity index (χ3v) is 3.05. The van der Waals surface area contributed by atoms with E-state index in [1.807, 2.05) is 0 Å². The van der Waals surface area contributed by atoms with E-state index in [4.69, 9.17) is 0 Å². The van der Waals surface area contributed by atoms with E-state index in [0.29, 0.717) is 6.42 Å². The van der Waals surface area contributed by atoms with Crippen molar-refractivity contribution >= 4 is 16.4 Å². The van der Waals surface area contributed by atoms with Crippen LogP contribution in [0.5, 0.6) is 0 Å². The zero-order chi connectivity index (χ0) is 13.1. The van der Waals surface area contributed by atoms with Gasteiger partial charge in [-0.1, -0.05) is 46.0 Å². The van der Waals surface area contributed by atoms with E-state index in [-0.39, 0.29) is 13.0 Å². The molecule has 0 rings (SSSR count). The summed E-state index contributed by atoms with van der Waals surface area (Å²) in [6.45, 7) is 3.73. The summed E-state index contributed by atoms with van der Waals surface area (Å²) >= 11 is 0. The first-order chi connectivity index (χ1) is 8.02. The number of carbonyl (C=O) groups excluding carboxylic acids is 1. The van der Waals surface area contributed by atoms with Gasteiger partial charge in [-0.2, -0.15) is 8.42 Å². The van der Waals surface area contributed by atoms with Crippen LogP contribution in [0.25, 0.3) is 0 Å². The second-order valence-electron chi connectivity index (χ2n) is 3.81. The summed E-state index contributed by atoms with van der Waals surface area (Å²) in [7, 11) is -4.14. The number of hydrogen-bond donors (Lipinski definition) is 0. The lowest BCUT2D eigenvalue weighted by molar-refractivity contribution is -0.134. The first-order valence-corrected chi connectivity index (χ1v) is 7.46. The molecule has 0 aliphatic heterocycles. The van der Waals surface area contributed by atoms with Gasteiger partial charge in [-0.05, 0) is 6.42 Å². The van der Waals surface area contributed by atoms with Crippen molar-refractivity contribution in [2.45, 2.75) is 58.8 Å². The second kappa shape index (κ2) is 9.41. The summed E-state index contributed by atoms with van der Waals surface area (Å²) < 4.78 is 30.8. The van der Waals surface area contributed by atoms with Crippen LogP contribution in [-0.2, 0) is 23.6 Å². The lowest BCUT2D eigenvalue weighted by atomic mass is 10.1. The molecule has 0 unspecified atom stereocenters. The third-order valence-electron chi connectivity index (χ3n) is 2.21. The molecule has 0 bridgehead atoms. The molecule has 0 atom stereocenters. The highest BCUT2D eigenvalue weighted by Crippen LogP contribution is 2.06. The zero-order valence-corrected chi connectivity index (χ0v) is 11.4. The summed E-state index contributed by atoms with van der Waals surface area (Å²) in [5.41, 5.74) is 0. The molecule has 0 saturated carbocycles. The molecule has 0 radical (unpaired) electrons. The van der Waals surface area contributed by atoms with Crippen molar-refractivity contribution in [2.24, 2.45) is 0 Å². The molecule has 0 N–H and O–H groups in total. The summed E-state index contributed by atoms with van der Waals surface area (Å²) in [4.78, 5) is 10.8. The van der Waals surface area contributed by atoms with Gasteiger partial charge in [-0.25, -0.2) is 4.18 Å². The minimum Gasteiger partial charge on any atom is -0.325 e. The van der Waals surface area contributed by atoms with Crippen molar-refractivity contribution in [3.8, 4) is 0 Å². The molecule has 102 valence electrons. The van der Waals surface area contributed by atoms with Crippen LogP contribution < -0.4 is 0 Å². The molecule has 0 spiro atoms. The first kappa shape index (κ1) is 16.4. The topological polar surface area (TPSA) is 69.7 Å². The highest BCUT2D eigenvalue weighted by molar-refractivity contribution is 7.82. The van der Waals surface area contributed by atoms with Gasteiger partial charge >= 0.3 is 16.4 Å². The lowest BCUT2D eigenvalue weighted by Gasteiger charge is -2.04. The fraction of sp³-hybridized carbons (Fsp3) is 0.909. The van der Waals surface area contributed by atoms with Crippen molar-refractivity contribution in [1.82, 2.24) is 0 Å². The predicted octanol–water partition coefficient (Wildman–Crippen LogP) is 2.56. The van der Waals surface area contributed by atoms with Crippen LogP contribution in [0.4, 0.5) is 0 Å². The highest BCUT2D eigenvalue weighted by atomic mass is 32.3. The molecule has 0 amide bonds. The van der Waals surface area contributed by atoms with Crippen molar-refractivity contribution in [3.63, 3.8) is 0 Å². The minimum atomic E-state index is -4.14. The van der Waals surface area contributed by atoms with E-state index in [9.17, 15) is 13.2 Å². The Bertz CT molecular complexity index is 297. The van der Waals surface area contributed by atoms with E-state index in [1.165, 1.54) is 19.8 Å². The minimum absolute atomic E-state index is 0.0135. The maximum atomic E-state index is 11.1. The van der Waals surface area contributed by atoms with E-state index >= 15 is 0 Å². The maximum Gasteiger partial charge on any atom is 0.451 e. The molecule has 6 heteroatoms. The highest BCUT2D eigenvalue weighted by Gasteiger charge is 2.16.